The van der Waals surface area contributed by atoms with Crippen molar-refractivity contribution in [2.45, 2.75) is 20.3 Å². The van der Waals surface area contributed by atoms with Gasteiger partial charge in [-0.15, -0.1) is 0 Å². The molecular weight excluding hydrogens is 264 g/mol. The number of fused-ring (bicyclic) bond motifs is 2. The van der Waals surface area contributed by atoms with E-state index in [0.717, 1.165) is 6.42 Å². The molecule has 0 nitrogen and oxygen atoms in total. The molecule has 0 aromatic heterocycles. The van der Waals surface area contributed by atoms with Crippen molar-refractivity contribution in [2.24, 2.45) is 5.92 Å². The average Bonchev–Trinajstić information content (AvgIpc) is 2.96. The predicted octanol–water partition coefficient (Wildman–Crippen LogP) is 6.08. The Bertz CT molecular complexity index is 867. The summed E-state index contributed by atoms with van der Waals surface area (Å²) in [5.41, 5.74) is 7.05. The van der Waals surface area contributed by atoms with Crippen LogP contribution in [0.15, 0.2) is 83.5 Å². The molecule has 2 aliphatic rings. The first kappa shape index (κ1) is 13.3. The van der Waals surface area contributed by atoms with Gasteiger partial charge in [-0.25, -0.2) is 0 Å². The minimum absolute atomic E-state index is 0.421. The van der Waals surface area contributed by atoms with Crippen LogP contribution < -0.4 is 0 Å². The summed E-state index contributed by atoms with van der Waals surface area (Å²) in [5.74, 6) is 0.421. The van der Waals surface area contributed by atoms with E-state index in [4.69, 9.17) is 0 Å². The second-order valence-corrected chi connectivity index (χ2v) is 6.23. The Morgan fingerprint density at radius 3 is 2.59 bits per heavy atom. The van der Waals surface area contributed by atoms with Crippen molar-refractivity contribution in [1.29, 1.82) is 0 Å². The third-order valence-electron chi connectivity index (χ3n) is 4.71. The van der Waals surface area contributed by atoms with Crippen molar-refractivity contribution in [1.82, 2.24) is 0 Å². The summed E-state index contributed by atoms with van der Waals surface area (Å²) in [6.07, 6.45) is 10.6. The lowest BCUT2D eigenvalue weighted by Gasteiger charge is -2.22. The van der Waals surface area contributed by atoms with Crippen LogP contribution >= 0.6 is 0 Å². The summed E-state index contributed by atoms with van der Waals surface area (Å²) in [7, 11) is 0. The summed E-state index contributed by atoms with van der Waals surface area (Å²) in [6.45, 7) is 4.43. The van der Waals surface area contributed by atoms with E-state index in [0.29, 0.717) is 5.92 Å². The molecule has 1 atom stereocenters. The largest absolute Gasteiger partial charge is 0.0694 e. The molecule has 0 saturated carbocycles. The maximum absolute atomic E-state index is 2.44. The van der Waals surface area contributed by atoms with E-state index in [1.54, 1.807) is 0 Å². The number of allylic oxidation sites excluding steroid dienone is 8. The molecule has 0 bridgehead atoms. The topological polar surface area (TPSA) is 0 Å². The van der Waals surface area contributed by atoms with Gasteiger partial charge >= 0.3 is 0 Å². The molecule has 0 saturated heterocycles. The van der Waals surface area contributed by atoms with E-state index in [2.05, 4.69) is 80.6 Å². The van der Waals surface area contributed by atoms with Crippen molar-refractivity contribution in [3.05, 3.63) is 89.1 Å². The maximum atomic E-state index is 2.44. The summed E-state index contributed by atoms with van der Waals surface area (Å²) >= 11 is 0. The first-order valence-corrected chi connectivity index (χ1v) is 8.06. The van der Waals surface area contributed by atoms with Crippen LogP contribution in [-0.4, -0.2) is 0 Å². The Morgan fingerprint density at radius 1 is 0.909 bits per heavy atom. The van der Waals surface area contributed by atoms with Gasteiger partial charge in [0.25, 0.3) is 0 Å². The standard InChI is InChI=1S/C22H20/c1-3-16-13-18-11-15(2)12-22(21(18)14-16)20-10-6-8-17-7-4-5-9-19(17)20/h4-14,21H,3H2,1-2H3. The number of rotatable bonds is 2. The monoisotopic (exact) mass is 284 g/mol. The molecule has 2 aliphatic carbocycles. The highest BCUT2D eigenvalue weighted by Crippen LogP contribution is 2.43. The zero-order valence-electron chi connectivity index (χ0n) is 13.1. The predicted molar refractivity (Wildman–Crippen MR) is 95.6 cm³/mol. The third kappa shape index (κ3) is 2.07. The normalized spacial score (nSPS) is 20.2. The maximum Gasteiger partial charge on any atom is 0.0281 e. The van der Waals surface area contributed by atoms with Crippen LogP contribution in [0.3, 0.4) is 0 Å². The van der Waals surface area contributed by atoms with Gasteiger partial charge in [-0.1, -0.05) is 84.8 Å². The molecular formula is C22H20. The lowest BCUT2D eigenvalue weighted by molar-refractivity contribution is 1.02. The number of hydrogen-bond donors (Lipinski definition) is 0. The van der Waals surface area contributed by atoms with E-state index in [-0.39, 0.29) is 0 Å². The van der Waals surface area contributed by atoms with Crippen molar-refractivity contribution in [2.75, 3.05) is 0 Å². The van der Waals surface area contributed by atoms with Crippen molar-refractivity contribution >= 4 is 16.3 Å². The molecule has 0 amide bonds. The summed E-state index contributed by atoms with van der Waals surface area (Å²) < 4.78 is 0. The van der Waals surface area contributed by atoms with Gasteiger partial charge in [-0.05, 0) is 40.8 Å². The van der Waals surface area contributed by atoms with Gasteiger partial charge in [0, 0.05) is 5.92 Å². The van der Waals surface area contributed by atoms with Crippen molar-refractivity contribution in [3.63, 3.8) is 0 Å². The van der Waals surface area contributed by atoms with Gasteiger partial charge < -0.3 is 0 Å². The molecule has 2 aromatic rings. The van der Waals surface area contributed by atoms with Crippen LogP contribution in [-0.2, 0) is 0 Å². The van der Waals surface area contributed by atoms with Crippen LogP contribution in [0.1, 0.15) is 25.8 Å². The Balaban J connectivity index is 1.93. The molecule has 2 aromatic carbocycles. The fourth-order valence-electron chi connectivity index (χ4n) is 3.65. The highest BCUT2D eigenvalue weighted by Gasteiger charge is 2.25. The Kier molecular flexibility index (Phi) is 3.11. The van der Waals surface area contributed by atoms with E-state index in [9.17, 15) is 0 Å². The summed E-state index contributed by atoms with van der Waals surface area (Å²) in [5, 5.41) is 2.67. The molecule has 0 heteroatoms. The van der Waals surface area contributed by atoms with Gasteiger partial charge in [-0.3, -0.25) is 0 Å². The molecule has 0 fully saturated rings. The molecule has 0 N–H and O–H groups in total. The van der Waals surface area contributed by atoms with Crippen LogP contribution in [0.5, 0.6) is 0 Å². The average molecular weight is 284 g/mol. The fourth-order valence-corrected chi connectivity index (χ4v) is 3.65. The van der Waals surface area contributed by atoms with Crippen LogP contribution in [0, 0.1) is 5.92 Å². The number of benzene rings is 2. The van der Waals surface area contributed by atoms with Crippen LogP contribution in [0.25, 0.3) is 16.3 Å². The minimum atomic E-state index is 0.421. The van der Waals surface area contributed by atoms with E-state index < -0.39 is 0 Å². The van der Waals surface area contributed by atoms with E-state index in [1.807, 2.05) is 0 Å². The summed E-state index contributed by atoms with van der Waals surface area (Å²) in [6, 6.07) is 15.3. The summed E-state index contributed by atoms with van der Waals surface area (Å²) in [4.78, 5) is 0. The molecule has 0 spiro atoms. The van der Waals surface area contributed by atoms with E-state index >= 15 is 0 Å². The van der Waals surface area contributed by atoms with Gasteiger partial charge in [0.1, 0.15) is 0 Å². The minimum Gasteiger partial charge on any atom is -0.0694 e. The molecule has 4 rings (SSSR count). The smallest absolute Gasteiger partial charge is 0.0281 e. The SMILES string of the molecule is CCC1=CC2C(=C1)C=C(C)C=C2c1cccc2ccccc12. The van der Waals surface area contributed by atoms with E-state index in [1.165, 1.54) is 38.6 Å². The molecule has 0 radical (unpaired) electrons. The molecule has 1 unspecified atom stereocenters. The lowest BCUT2D eigenvalue weighted by Crippen LogP contribution is -2.05. The Hall–Kier alpha value is -2.34. The van der Waals surface area contributed by atoms with Crippen LogP contribution in [0.4, 0.5) is 0 Å². The molecule has 108 valence electrons. The van der Waals surface area contributed by atoms with Gasteiger partial charge in [0.15, 0.2) is 0 Å². The first-order chi connectivity index (χ1) is 10.8. The quantitative estimate of drug-likeness (QED) is 0.627. The lowest BCUT2D eigenvalue weighted by atomic mass is 9.81. The van der Waals surface area contributed by atoms with Gasteiger partial charge in [0.2, 0.25) is 0 Å². The zero-order valence-corrected chi connectivity index (χ0v) is 13.1. The third-order valence-corrected chi connectivity index (χ3v) is 4.71. The van der Waals surface area contributed by atoms with Gasteiger partial charge in [-0.2, -0.15) is 0 Å². The highest BCUT2D eigenvalue weighted by molar-refractivity contribution is 5.96. The van der Waals surface area contributed by atoms with Gasteiger partial charge in [0.05, 0.1) is 0 Å². The first-order valence-electron chi connectivity index (χ1n) is 8.06. The Labute approximate surface area is 132 Å². The fraction of sp³-hybridized carbons (Fsp3) is 0.182. The second kappa shape index (κ2) is 5.14. The molecule has 22 heavy (non-hydrogen) atoms. The van der Waals surface area contributed by atoms with Crippen LogP contribution in [0.2, 0.25) is 0 Å². The second-order valence-electron chi connectivity index (χ2n) is 6.23. The zero-order chi connectivity index (χ0) is 15.1. The van der Waals surface area contributed by atoms with Crippen molar-refractivity contribution in [3.8, 4) is 0 Å². The molecule has 0 heterocycles. The van der Waals surface area contributed by atoms with Crippen molar-refractivity contribution < 1.29 is 0 Å². The number of hydrogen-bond acceptors (Lipinski definition) is 0. The highest BCUT2D eigenvalue weighted by atomic mass is 14.3. The molecule has 0 aliphatic heterocycles. The Morgan fingerprint density at radius 2 is 1.73 bits per heavy atom.